The second-order valence-corrected chi connectivity index (χ2v) is 6.02. The van der Waals surface area contributed by atoms with Crippen molar-refractivity contribution in [3.05, 3.63) is 35.4 Å². The van der Waals surface area contributed by atoms with Crippen LogP contribution in [0.15, 0.2) is 24.3 Å². The number of benzene rings is 1. The molecule has 0 saturated carbocycles. The van der Waals surface area contributed by atoms with E-state index >= 15 is 0 Å². The first-order chi connectivity index (χ1) is 8.58. The van der Waals surface area contributed by atoms with Gasteiger partial charge in [-0.1, -0.05) is 47.8 Å². The lowest BCUT2D eigenvalue weighted by atomic mass is 10.1. The van der Waals surface area contributed by atoms with Crippen molar-refractivity contribution < 1.29 is 34.0 Å². The van der Waals surface area contributed by atoms with Gasteiger partial charge in [0.25, 0.3) is 0 Å². The van der Waals surface area contributed by atoms with Gasteiger partial charge in [0.15, 0.2) is 10.3 Å². The number of rotatable bonds is 6. The highest BCUT2D eigenvalue weighted by Gasteiger charge is 1.98. The maximum atomic E-state index is 7.12. The Labute approximate surface area is 149 Å². The highest BCUT2D eigenvalue weighted by Crippen LogP contribution is 2.11. The molecule has 0 radical (unpaired) electrons. The molecular weight excluding hydrogens is 424 g/mol. The average molecular weight is 442 g/mol. The Bertz CT molecular complexity index is 373. The Morgan fingerprint density at radius 2 is 1.10 bits per heavy atom. The fourth-order valence-electron chi connectivity index (χ4n) is 1.43. The van der Waals surface area contributed by atoms with Crippen molar-refractivity contribution in [2.45, 2.75) is 12.8 Å². The maximum Gasteiger partial charge on any atom is 0.151 e. The number of hydrogen-bond donors (Lipinski definition) is 4. The van der Waals surface area contributed by atoms with Crippen molar-refractivity contribution in [1.29, 1.82) is 10.8 Å². The van der Waals surface area contributed by atoms with Crippen LogP contribution < -0.4 is 45.4 Å². The van der Waals surface area contributed by atoms with Gasteiger partial charge in [-0.15, -0.1) is 0 Å². The van der Waals surface area contributed by atoms with E-state index < -0.39 is 0 Å². The van der Waals surface area contributed by atoms with Gasteiger partial charge in [-0.2, -0.15) is 0 Å². The molecule has 0 atom stereocenters. The fraction of sp³-hybridized carbons (Fsp3) is 0.333. The van der Waals surface area contributed by atoms with Crippen molar-refractivity contribution in [3.8, 4) is 0 Å². The van der Waals surface area contributed by atoms with E-state index in [-0.39, 0.29) is 44.3 Å². The van der Waals surface area contributed by atoms with Gasteiger partial charge in [0, 0.05) is 11.5 Å². The molecule has 0 fully saturated rings. The van der Waals surface area contributed by atoms with Gasteiger partial charge in [-0.25, -0.2) is 0 Å². The van der Waals surface area contributed by atoms with Crippen LogP contribution >= 0.6 is 23.5 Å². The summed E-state index contributed by atoms with van der Waals surface area (Å²) in [6.07, 6.45) is 1.85. The van der Waals surface area contributed by atoms with Crippen molar-refractivity contribution >= 4 is 33.9 Å². The van der Waals surface area contributed by atoms with E-state index in [4.69, 9.17) is 22.3 Å². The summed E-state index contributed by atoms with van der Waals surface area (Å²) >= 11 is 2.74. The van der Waals surface area contributed by atoms with E-state index in [9.17, 15) is 0 Å². The minimum Gasteiger partial charge on any atom is -1.00 e. The summed E-state index contributed by atoms with van der Waals surface area (Å²) < 4.78 is 0. The minimum absolute atomic E-state index is 0. The number of amidine groups is 2. The van der Waals surface area contributed by atoms with E-state index in [2.05, 4.69) is 24.3 Å². The smallest absolute Gasteiger partial charge is 0.151 e. The Kier molecular flexibility index (Phi) is 13.9. The van der Waals surface area contributed by atoms with Gasteiger partial charge in [0.05, 0.1) is 0 Å². The normalized spacial score (nSPS) is 9.20. The topological polar surface area (TPSA) is 99.7 Å². The molecule has 0 amide bonds. The maximum absolute atomic E-state index is 7.12. The SMILES string of the molecule is N=C(N)SCCc1ccc(CCSC(=N)N)cc1.[Br-].[Br-]. The molecule has 20 heavy (non-hydrogen) atoms. The molecule has 0 unspecified atom stereocenters. The molecule has 0 aliphatic rings. The molecular formula is C12H18Br2N4S2-2. The third-order valence-electron chi connectivity index (χ3n) is 2.32. The summed E-state index contributed by atoms with van der Waals surface area (Å²) in [5.41, 5.74) is 13.1. The van der Waals surface area contributed by atoms with E-state index in [1.54, 1.807) is 0 Å². The van der Waals surface area contributed by atoms with E-state index in [0.29, 0.717) is 0 Å². The van der Waals surface area contributed by atoms with Crippen molar-refractivity contribution in [1.82, 2.24) is 0 Å². The summed E-state index contributed by atoms with van der Waals surface area (Å²) in [5.74, 6) is 1.68. The summed E-state index contributed by atoms with van der Waals surface area (Å²) in [6.45, 7) is 0. The van der Waals surface area contributed by atoms with Crippen LogP contribution in [0.25, 0.3) is 0 Å². The summed E-state index contributed by atoms with van der Waals surface area (Å²) in [7, 11) is 0. The van der Waals surface area contributed by atoms with Gasteiger partial charge < -0.3 is 45.4 Å². The zero-order valence-electron chi connectivity index (χ0n) is 10.9. The van der Waals surface area contributed by atoms with Crippen LogP contribution in [0.5, 0.6) is 0 Å². The van der Waals surface area contributed by atoms with Gasteiger partial charge in [0.1, 0.15) is 0 Å². The Hall–Kier alpha value is -0.180. The predicted molar refractivity (Wildman–Crippen MR) is 82.6 cm³/mol. The van der Waals surface area contributed by atoms with Crippen LogP contribution in [0.2, 0.25) is 0 Å². The summed E-state index contributed by atoms with van der Waals surface area (Å²) in [5, 5.41) is 14.6. The molecule has 0 spiro atoms. The molecule has 114 valence electrons. The Morgan fingerprint density at radius 3 is 1.35 bits per heavy atom. The van der Waals surface area contributed by atoms with E-state index in [1.807, 2.05) is 0 Å². The highest BCUT2D eigenvalue weighted by molar-refractivity contribution is 8.13. The van der Waals surface area contributed by atoms with Gasteiger partial charge >= 0.3 is 0 Å². The lowest BCUT2D eigenvalue weighted by molar-refractivity contribution is -0.001000. The zero-order chi connectivity index (χ0) is 13.4. The van der Waals surface area contributed by atoms with Gasteiger partial charge in [-0.3, -0.25) is 10.8 Å². The second kappa shape index (κ2) is 12.6. The molecule has 1 aromatic carbocycles. The summed E-state index contributed by atoms with van der Waals surface area (Å²) in [6, 6.07) is 8.42. The Balaban J connectivity index is 0. The van der Waals surface area contributed by atoms with E-state index in [1.165, 1.54) is 34.7 Å². The zero-order valence-corrected chi connectivity index (χ0v) is 15.7. The number of halogens is 2. The Morgan fingerprint density at radius 1 is 0.800 bits per heavy atom. The van der Waals surface area contributed by atoms with Gasteiger partial charge in [-0.05, 0) is 24.0 Å². The first-order valence-electron chi connectivity index (χ1n) is 5.59. The monoisotopic (exact) mass is 440 g/mol. The second-order valence-electron chi connectivity index (χ2n) is 3.74. The van der Waals surface area contributed by atoms with Gasteiger partial charge in [0.2, 0.25) is 0 Å². The third kappa shape index (κ3) is 10.6. The number of nitrogens with one attached hydrogen (secondary N) is 2. The molecule has 0 aliphatic heterocycles. The highest BCUT2D eigenvalue weighted by atomic mass is 79.9. The van der Waals surface area contributed by atoms with Crippen molar-refractivity contribution in [2.75, 3.05) is 11.5 Å². The quantitative estimate of drug-likeness (QED) is 0.267. The molecule has 0 aromatic heterocycles. The lowest BCUT2D eigenvalue weighted by Gasteiger charge is -2.04. The minimum atomic E-state index is 0. The van der Waals surface area contributed by atoms with Crippen molar-refractivity contribution in [2.24, 2.45) is 11.5 Å². The largest absolute Gasteiger partial charge is 1.00 e. The molecule has 4 nitrogen and oxygen atoms in total. The standard InChI is InChI=1S/C12H18N4S2.2BrH/c13-11(14)17-7-5-9-1-2-10(4-3-9)6-8-18-12(15)16;;/h1-4H,5-8H2,(H3,13,14)(H3,15,16);2*1H/p-2. The number of hydrogen-bond acceptors (Lipinski definition) is 4. The third-order valence-corrected chi connectivity index (χ3v) is 3.76. The average Bonchev–Trinajstić information content (AvgIpc) is 2.30. The molecule has 1 aromatic rings. The van der Waals surface area contributed by atoms with Crippen LogP contribution in [0.3, 0.4) is 0 Å². The number of thioether (sulfide) groups is 2. The van der Waals surface area contributed by atoms with Crippen LogP contribution in [0.1, 0.15) is 11.1 Å². The molecule has 0 bridgehead atoms. The number of nitrogens with two attached hydrogens (primary N) is 2. The van der Waals surface area contributed by atoms with Crippen LogP contribution in [0.4, 0.5) is 0 Å². The molecule has 0 heterocycles. The first-order valence-corrected chi connectivity index (χ1v) is 7.56. The predicted octanol–water partition coefficient (Wildman–Crippen LogP) is -3.97. The van der Waals surface area contributed by atoms with Crippen molar-refractivity contribution in [3.63, 3.8) is 0 Å². The molecule has 0 saturated heterocycles. The first kappa shape index (κ1) is 22.1. The number of aryl methyl sites for hydroxylation is 2. The lowest BCUT2D eigenvalue weighted by Crippen LogP contribution is -3.00. The van der Waals surface area contributed by atoms with Crippen LogP contribution in [-0.2, 0) is 12.8 Å². The molecule has 8 heteroatoms. The van der Waals surface area contributed by atoms with Crippen LogP contribution in [0, 0.1) is 10.8 Å². The van der Waals surface area contributed by atoms with E-state index in [0.717, 1.165) is 24.3 Å². The molecule has 0 aliphatic carbocycles. The fourth-order valence-corrected chi connectivity index (χ4v) is 2.55. The molecule has 1 rings (SSSR count). The molecule has 6 N–H and O–H groups in total. The van der Waals surface area contributed by atoms with Crippen LogP contribution in [-0.4, -0.2) is 21.8 Å². The summed E-state index contributed by atoms with van der Waals surface area (Å²) in [4.78, 5) is 0.